The molecule has 3 amide bonds. The lowest BCUT2D eigenvalue weighted by atomic mass is 10.1. The summed E-state index contributed by atoms with van der Waals surface area (Å²) in [4.78, 5) is 39.6. The van der Waals surface area contributed by atoms with Crippen molar-refractivity contribution in [1.82, 2.24) is 4.90 Å². The van der Waals surface area contributed by atoms with Crippen LogP contribution < -0.4 is 5.32 Å². The van der Waals surface area contributed by atoms with Crippen LogP contribution in [0.15, 0.2) is 42.5 Å². The molecule has 0 saturated heterocycles. The average Bonchev–Trinajstić information content (AvgIpc) is 2.89. The van der Waals surface area contributed by atoms with Crippen molar-refractivity contribution in [3.8, 4) is 0 Å². The fourth-order valence-corrected chi connectivity index (χ4v) is 3.93. The lowest BCUT2D eigenvalue weighted by molar-refractivity contribution is -0.120. The number of amides is 3. The summed E-state index contributed by atoms with van der Waals surface area (Å²) in [6.07, 6.45) is 0.871. The van der Waals surface area contributed by atoms with Gasteiger partial charge in [0, 0.05) is 11.9 Å². The van der Waals surface area contributed by atoms with Crippen LogP contribution in [0.1, 0.15) is 38.3 Å². The van der Waals surface area contributed by atoms with Crippen molar-refractivity contribution in [2.75, 3.05) is 17.3 Å². The number of rotatable bonds is 6. The lowest BCUT2D eigenvalue weighted by Crippen LogP contribution is -2.48. The number of nitrogens with zero attached hydrogens (tertiary/aromatic N) is 1. The van der Waals surface area contributed by atoms with Gasteiger partial charge >= 0.3 is 0 Å². The van der Waals surface area contributed by atoms with Crippen LogP contribution in [-0.4, -0.2) is 49.1 Å². The number of hydrogen-bond acceptors (Lipinski definition) is 5. The second-order valence-electron chi connectivity index (χ2n) is 7.27. The van der Waals surface area contributed by atoms with Gasteiger partial charge in [-0.25, -0.2) is 8.42 Å². The largest absolute Gasteiger partial charge is 0.324 e. The van der Waals surface area contributed by atoms with Gasteiger partial charge in [0.05, 0.1) is 16.9 Å². The highest BCUT2D eigenvalue weighted by atomic mass is 32.2. The molecule has 1 atom stereocenters. The maximum Gasteiger partial charge on any atom is 0.262 e. The molecule has 7 nitrogen and oxygen atoms in total. The number of carbonyl (C=O) groups is 3. The van der Waals surface area contributed by atoms with Crippen LogP contribution in [0.25, 0.3) is 0 Å². The van der Waals surface area contributed by atoms with Crippen LogP contribution in [-0.2, 0) is 14.6 Å². The maximum atomic E-state index is 13.1. The Kier molecular flexibility index (Phi) is 5.57. The van der Waals surface area contributed by atoms with Crippen LogP contribution in [0.2, 0.25) is 0 Å². The van der Waals surface area contributed by atoms with Crippen LogP contribution in [0, 0.1) is 13.8 Å². The molecular weight excluding hydrogens is 392 g/mol. The van der Waals surface area contributed by atoms with Crippen LogP contribution in [0.4, 0.5) is 5.69 Å². The molecule has 2 aromatic carbocycles. The predicted octanol–water partition coefficient (Wildman–Crippen LogP) is 2.34. The Hall–Kier alpha value is -3.00. The molecule has 0 radical (unpaired) electrons. The van der Waals surface area contributed by atoms with Crippen molar-refractivity contribution in [3.63, 3.8) is 0 Å². The zero-order valence-corrected chi connectivity index (χ0v) is 17.2. The van der Waals surface area contributed by atoms with Gasteiger partial charge in [0.15, 0.2) is 0 Å². The molecule has 0 aromatic heterocycles. The molecule has 1 aliphatic rings. The monoisotopic (exact) mass is 414 g/mol. The smallest absolute Gasteiger partial charge is 0.262 e. The SMILES string of the molecule is Cc1ccc(C)c(NC(=O)C(CCS(C)(=O)=O)N2C(=O)c3ccccc3C2=O)c1. The molecule has 152 valence electrons. The number of sulfone groups is 1. The van der Waals surface area contributed by atoms with E-state index in [4.69, 9.17) is 0 Å². The van der Waals surface area contributed by atoms with Gasteiger partial charge in [-0.3, -0.25) is 19.3 Å². The number of fused-ring (bicyclic) bond motifs is 1. The number of imide groups is 1. The number of benzene rings is 2. The van der Waals surface area contributed by atoms with Crippen molar-refractivity contribution in [2.24, 2.45) is 0 Å². The van der Waals surface area contributed by atoms with Gasteiger partial charge in [-0.15, -0.1) is 0 Å². The van der Waals surface area contributed by atoms with E-state index in [1.165, 1.54) is 12.1 Å². The zero-order chi connectivity index (χ0) is 21.3. The first-order valence-corrected chi connectivity index (χ1v) is 11.2. The number of nitrogens with one attached hydrogen (secondary N) is 1. The molecule has 1 aliphatic heterocycles. The number of aryl methyl sites for hydroxylation is 2. The summed E-state index contributed by atoms with van der Waals surface area (Å²) >= 11 is 0. The van der Waals surface area contributed by atoms with E-state index in [1.54, 1.807) is 18.2 Å². The molecule has 1 N–H and O–H groups in total. The van der Waals surface area contributed by atoms with Crippen molar-refractivity contribution < 1.29 is 22.8 Å². The first-order chi connectivity index (χ1) is 13.6. The minimum atomic E-state index is -3.40. The van der Waals surface area contributed by atoms with Crippen molar-refractivity contribution in [1.29, 1.82) is 0 Å². The molecule has 0 bridgehead atoms. The summed E-state index contributed by atoms with van der Waals surface area (Å²) in [6.45, 7) is 3.70. The summed E-state index contributed by atoms with van der Waals surface area (Å²) in [5.74, 6) is -2.12. The highest BCUT2D eigenvalue weighted by molar-refractivity contribution is 7.90. The molecule has 2 aromatic rings. The number of anilines is 1. The van der Waals surface area contributed by atoms with E-state index in [1.807, 2.05) is 26.0 Å². The third-order valence-corrected chi connectivity index (χ3v) is 5.83. The van der Waals surface area contributed by atoms with E-state index in [9.17, 15) is 22.8 Å². The van der Waals surface area contributed by atoms with Gasteiger partial charge in [0.25, 0.3) is 11.8 Å². The summed E-state index contributed by atoms with van der Waals surface area (Å²) in [5, 5.41) is 2.75. The van der Waals surface area contributed by atoms with Gasteiger partial charge in [0.1, 0.15) is 15.9 Å². The van der Waals surface area contributed by atoms with Gasteiger partial charge in [-0.05, 0) is 49.6 Å². The van der Waals surface area contributed by atoms with E-state index in [0.29, 0.717) is 5.69 Å². The normalized spacial score (nSPS) is 14.7. The molecule has 8 heteroatoms. The minimum absolute atomic E-state index is 0.180. The molecule has 1 heterocycles. The van der Waals surface area contributed by atoms with Crippen molar-refractivity contribution in [3.05, 3.63) is 64.7 Å². The fourth-order valence-electron chi connectivity index (χ4n) is 3.28. The molecule has 0 aliphatic carbocycles. The molecular formula is C21H22N2O5S. The molecule has 0 spiro atoms. The fraction of sp³-hybridized carbons (Fsp3) is 0.286. The molecule has 1 unspecified atom stereocenters. The van der Waals surface area contributed by atoms with E-state index in [0.717, 1.165) is 22.3 Å². The Morgan fingerprint density at radius 2 is 1.62 bits per heavy atom. The Bertz CT molecular complexity index is 1070. The first kappa shape index (κ1) is 20.7. The second kappa shape index (κ2) is 7.79. The second-order valence-corrected chi connectivity index (χ2v) is 9.53. The topological polar surface area (TPSA) is 101 Å². The van der Waals surface area contributed by atoms with E-state index >= 15 is 0 Å². The van der Waals surface area contributed by atoms with Crippen LogP contribution >= 0.6 is 0 Å². The Balaban J connectivity index is 1.95. The first-order valence-electron chi connectivity index (χ1n) is 9.11. The van der Waals surface area contributed by atoms with E-state index < -0.39 is 33.6 Å². The summed E-state index contributed by atoms with van der Waals surface area (Å²) in [7, 11) is -3.40. The number of hydrogen-bond donors (Lipinski definition) is 1. The van der Waals surface area contributed by atoms with Crippen molar-refractivity contribution in [2.45, 2.75) is 26.3 Å². The lowest BCUT2D eigenvalue weighted by Gasteiger charge is -2.25. The van der Waals surface area contributed by atoms with Crippen LogP contribution in [0.5, 0.6) is 0 Å². The van der Waals surface area contributed by atoms with Gasteiger partial charge in [0.2, 0.25) is 5.91 Å². The third kappa shape index (κ3) is 4.37. The highest BCUT2D eigenvalue weighted by Crippen LogP contribution is 2.27. The van der Waals surface area contributed by atoms with Gasteiger partial charge in [-0.2, -0.15) is 0 Å². The van der Waals surface area contributed by atoms with Gasteiger partial charge in [-0.1, -0.05) is 24.3 Å². The Morgan fingerprint density at radius 3 is 2.17 bits per heavy atom. The number of carbonyl (C=O) groups excluding carboxylic acids is 3. The summed E-state index contributed by atoms with van der Waals surface area (Å²) < 4.78 is 23.4. The van der Waals surface area contributed by atoms with Crippen LogP contribution in [0.3, 0.4) is 0 Å². The summed E-state index contributed by atoms with van der Waals surface area (Å²) in [6, 6.07) is 10.6. The Labute approximate surface area is 169 Å². The standard InChI is InChI=1S/C21H22N2O5S/c1-13-8-9-14(2)17(12-13)22-19(24)18(10-11-29(3,27)28)23-20(25)15-6-4-5-7-16(15)21(23)26/h4-9,12,18H,10-11H2,1-3H3,(H,22,24). The quantitative estimate of drug-likeness (QED) is 0.731. The minimum Gasteiger partial charge on any atom is -0.324 e. The van der Waals surface area contributed by atoms with E-state index in [-0.39, 0.29) is 23.3 Å². The zero-order valence-electron chi connectivity index (χ0n) is 16.4. The highest BCUT2D eigenvalue weighted by Gasteiger charge is 2.42. The average molecular weight is 414 g/mol. The maximum absolute atomic E-state index is 13.1. The van der Waals surface area contributed by atoms with E-state index in [2.05, 4.69) is 5.32 Å². The molecule has 29 heavy (non-hydrogen) atoms. The molecule has 0 fully saturated rings. The van der Waals surface area contributed by atoms with Gasteiger partial charge < -0.3 is 5.32 Å². The predicted molar refractivity (Wildman–Crippen MR) is 110 cm³/mol. The molecule has 0 saturated carbocycles. The third-order valence-electron chi connectivity index (χ3n) is 4.85. The summed E-state index contributed by atoms with van der Waals surface area (Å²) in [5.41, 5.74) is 2.71. The molecule has 3 rings (SSSR count). The Morgan fingerprint density at radius 1 is 1.03 bits per heavy atom. The van der Waals surface area contributed by atoms with Crippen molar-refractivity contribution >= 4 is 33.2 Å².